The molecule has 11 fully saturated rings. The molecule has 0 amide bonds. The molecule has 0 aromatic heterocycles. The van der Waals surface area contributed by atoms with E-state index in [-0.39, 0.29) is 0 Å². The average Bonchev–Trinajstić information content (AvgIpc) is 3.79. The highest BCUT2D eigenvalue weighted by molar-refractivity contribution is 5.10. The molecule has 3 saturated heterocycles. The fraction of sp³-hybridized carbons (Fsp3) is 1.00. The Kier molecular flexibility index (Phi) is 12.0. The van der Waals surface area contributed by atoms with E-state index in [1.54, 1.807) is 148 Å². The summed E-state index contributed by atoms with van der Waals surface area (Å²) in [6, 6.07) is 5.70. The summed E-state index contributed by atoms with van der Waals surface area (Å²) in [5, 5.41) is 3.75. The lowest BCUT2D eigenvalue weighted by atomic mass is 9.62. The highest BCUT2D eigenvalue weighted by atomic mass is 15.3. The molecule has 0 aromatic carbocycles. The number of hydrogen-bond donors (Lipinski definition) is 1. The topological polar surface area (TPSA) is 18.5 Å². The van der Waals surface area contributed by atoms with Gasteiger partial charge in [-0.05, 0) is 206 Å². The van der Waals surface area contributed by atoms with Crippen LogP contribution in [0.4, 0.5) is 0 Å². The van der Waals surface area contributed by atoms with Crippen LogP contribution in [0, 0.1) is 71.0 Å². The summed E-state index contributed by atoms with van der Waals surface area (Å²) in [4.78, 5) is 6.81. The predicted molar refractivity (Wildman–Crippen MR) is 234 cm³/mol. The molecule has 3 nitrogen and oxygen atoms in total. The van der Waals surface area contributed by atoms with Crippen molar-refractivity contribution >= 4 is 0 Å². The highest BCUT2D eigenvalue weighted by Gasteiger charge is 2.57. The summed E-state index contributed by atoms with van der Waals surface area (Å²) in [5.41, 5.74) is 0. The Balaban J connectivity index is 0.799. The Hall–Kier alpha value is -0.120. The van der Waals surface area contributed by atoms with Crippen molar-refractivity contribution in [1.29, 1.82) is 0 Å². The van der Waals surface area contributed by atoms with Gasteiger partial charge >= 0.3 is 0 Å². The van der Waals surface area contributed by atoms with Gasteiger partial charge in [0, 0.05) is 36.3 Å². The maximum atomic E-state index is 3.75. The molecule has 13 unspecified atom stereocenters. The summed E-state index contributed by atoms with van der Waals surface area (Å²) < 4.78 is 0. The Bertz CT molecular complexity index is 1230. The molecule has 8 aliphatic carbocycles. The molecule has 11 rings (SSSR count). The molecule has 1 N–H and O–H groups in total. The normalized spacial score (nSPS) is 49.2. The molecule has 0 radical (unpaired) electrons. The van der Waals surface area contributed by atoms with Gasteiger partial charge in [0.05, 0.1) is 0 Å². The van der Waals surface area contributed by atoms with Crippen LogP contribution < -0.4 is 5.32 Å². The molecule has 11 aliphatic rings. The maximum absolute atomic E-state index is 3.75. The molecule has 0 spiro atoms. The fourth-order valence-electron chi connectivity index (χ4n) is 19.3. The minimum atomic E-state index is 0.922. The molecule has 0 bridgehead atoms. The first-order valence-electron chi connectivity index (χ1n) is 27.0. The van der Waals surface area contributed by atoms with E-state index in [0.717, 1.165) is 107 Å². The standard InChI is InChI=1S/C53H89N3/c1-3-11-36(12-4-1)38-19-23-44(24-20-38)55-51-18-10-8-16-47(51)49-34-40(22-26-52(49)55)41-21-25-48-46-15-7-9-17-50(46)56(53(48)35-41)45-32-42(37-13-5-2-6-14-37)31-43(33-45)39-27-29-54-30-28-39/h36-54H,1-35H2. The first kappa shape index (κ1) is 38.8. The van der Waals surface area contributed by atoms with Gasteiger partial charge in [-0.15, -0.1) is 0 Å². The number of hydrogen-bond acceptors (Lipinski definition) is 3. The SMILES string of the molecule is C1CCC(C2CCC(N3C4CCCCC4C4CC(C5CCC6C7CCCCC7N(C7CC(C8CCCCC8)CC(C8CCNCC8)C7)C6C5)CCC43)CC2)CC1. The molecule has 3 heteroatoms. The maximum Gasteiger partial charge on any atom is 0.0135 e. The molecule has 3 aliphatic heterocycles. The van der Waals surface area contributed by atoms with Crippen LogP contribution >= 0.6 is 0 Å². The molecule has 3 heterocycles. The molecule has 13 atom stereocenters. The van der Waals surface area contributed by atoms with Crippen LogP contribution in [0.2, 0.25) is 0 Å². The third-order valence-corrected chi connectivity index (χ3v) is 21.7. The van der Waals surface area contributed by atoms with Crippen LogP contribution in [0.25, 0.3) is 0 Å². The third-order valence-electron chi connectivity index (χ3n) is 21.7. The highest BCUT2D eigenvalue weighted by Crippen LogP contribution is 2.59. The van der Waals surface area contributed by atoms with Gasteiger partial charge in [-0.3, -0.25) is 9.80 Å². The molecular weight excluding hydrogens is 679 g/mol. The quantitative estimate of drug-likeness (QED) is 0.290. The van der Waals surface area contributed by atoms with Crippen molar-refractivity contribution in [1.82, 2.24) is 15.1 Å². The fourth-order valence-corrected chi connectivity index (χ4v) is 19.3. The number of rotatable bonds is 6. The van der Waals surface area contributed by atoms with Crippen LogP contribution in [0.15, 0.2) is 0 Å². The molecule has 8 saturated carbocycles. The van der Waals surface area contributed by atoms with Gasteiger partial charge in [0.25, 0.3) is 0 Å². The summed E-state index contributed by atoms with van der Waals surface area (Å²) in [6.07, 6.45) is 51.5. The van der Waals surface area contributed by atoms with Crippen LogP contribution in [0.3, 0.4) is 0 Å². The monoisotopic (exact) mass is 768 g/mol. The summed E-state index contributed by atoms with van der Waals surface area (Å²) in [7, 11) is 0. The number of likely N-dealkylation sites (tertiary alicyclic amines) is 2. The van der Waals surface area contributed by atoms with Gasteiger partial charge in [-0.1, -0.05) is 89.9 Å². The first-order chi connectivity index (χ1) is 27.8. The zero-order chi connectivity index (χ0) is 37.0. The lowest BCUT2D eigenvalue weighted by molar-refractivity contribution is -0.0103. The average molecular weight is 768 g/mol. The van der Waals surface area contributed by atoms with Gasteiger partial charge < -0.3 is 5.32 Å². The lowest BCUT2D eigenvalue weighted by Crippen LogP contribution is -2.52. The van der Waals surface area contributed by atoms with Crippen molar-refractivity contribution in [3.05, 3.63) is 0 Å². The van der Waals surface area contributed by atoms with Gasteiger partial charge in [-0.2, -0.15) is 0 Å². The van der Waals surface area contributed by atoms with Gasteiger partial charge in [-0.25, -0.2) is 0 Å². The van der Waals surface area contributed by atoms with E-state index in [2.05, 4.69) is 15.1 Å². The number of piperidine rings is 1. The van der Waals surface area contributed by atoms with Gasteiger partial charge in [0.15, 0.2) is 0 Å². The van der Waals surface area contributed by atoms with Crippen molar-refractivity contribution < 1.29 is 0 Å². The zero-order valence-electron chi connectivity index (χ0n) is 36.5. The Morgan fingerprint density at radius 1 is 0.250 bits per heavy atom. The van der Waals surface area contributed by atoms with E-state index in [4.69, 9.17) is 0 Å². The smallest absolute Gasteiger partial charge is 0.0135 e. The second-order valence-electron chi connectivity index (χ2n) is 23.9. The van der Waals surface area contributed by atoms with Crippen molar-refractivity contribution in [3.8, 4) is 0 Å². The number of fused-ring (bicyclic) bond motifs is 6. The van der Waals surface area contributed by atoms with Crippen molar-refractivity contribution in [2.24, 2.45) is 71.0 Å². The Labute approximate surface area is 346 Å². The zero-order valence-corrected chi connectivity index (χ0v) is 36.5. The van der Waals surface area contributed by atoms with Crippen molar-refractivity contribution in [2.45, 2.75) is 248 Å². The minimum Gasteiger partial charge on any atom is -0.317 e. The summed E-state index contributed by atoms with van der Waals surface area (Å²) in [6.45, 7) is 2.59. The largest absolute Gasteiger partial charge is 0.317 e. The summed E-state index contributed by atoms with van der Waals surface area (Å²) in [5.74, 6) is 12.6. The molecule has 316 valence electrons. The predicted octanol–water partition coefficient (Wildman–Crippen LogP) is 12.8. The van der Waals surface area contributed by atoms with Gasteiger partial charge in [0.1, 0.15) is 0 Å². The Morgan fingerprint density at radius 2 is 0.714 bits per heavy atom. The van der Waals surface area contributed by atoms with E-state index in [0.29, 0.717) is 0 Å². The van der Waals surface area contributed by atoms with Crippen LogP contribution in [-0.2, 0) is 0 Å². The number of nitrogens with one attached hydrogen (secondary N) is 1. The third kappa shape index (κ3) is 7.48. The van der Waals surface area contributed by atoms with Crippen molar-refractivity contribution in [2.75, 3.05) is 13.1 Å². The van der Waals surface area contributed by atoms with Crippen LogP contribution in [0.1, 0.15) is 212 Å². The van der Waals surface area contributed by atoms with E-state index in [1.807, 2.05) is 0 Å². The number of nitrogens with zero attached hydrogens (tertiary/aromatic N) is 2. The van der Waals surface area contributed by atoms with Crippen LogP contribution in [-0.4, -0.2) is 59.1 Å². The molecule has 0 aromatic rings. The Morgan fingerprint density at radius 3 is 1.39 bits per heavy atom. The second-order valence-corrected chi connectivity index (χ2v) is 23.9. The van der Waals surface area contributed by atoms with E-state index in [1.165, 1.54) is 77.3 Å². The van der Waals surface area contributed by atoms with E-state index >= 15 is 0 Å². The molecule has 56 heavy (non-hydrogen) atoms. The lowest BCUT2D eigenvalue weighted by Gasteiger charge is -2.51. The van der Waals surface area contributed by atoms with Crippen molar-refractivity contribution in [3.63, 3.8) is 0 Å². The second kappa shape index (κ2) is 17.3. The summed E-state index contributed by atoms with van der Waals surface area (Å²) >= 11 is 0. The van der Waals surface area contributed by atoms with E-state index < -0.39 is 0 Å². The molecular formula is C53H89N3. The van der Waals surface area contributed by atoms with E-state index in [9.17, 15) is 0 Å². The van der Waals surface area contributed by atoms with Gasteiger partial charge in [0.2, 0.25) is 0 Å². The van der Waals surface area contributed by atoms with Crippen LogP contribution in [0.5, 0.6) is 0 Å². The first-order valence-corrected chi connectivity index (χ1v) is 27.0. The minimum absolute atomic E-state index is 0.922.